The van der Waals surface area contributed by atoms with Gasteiger partial charge in [0, 0.05) is 17.5 Å². The number of alkyl halides is 6. The first-order chi connectivity index (χ1) is 15.7. The van der Waals surface area contributed by atoms with Crippen LogP contribution < -0.4 is 5.32 Å². The van der Waals surface area contributed by atoms with Crippen molar-refractivity contribution in [3.63, 3.8) is 0 Å². The van der Waals surface area contributed by atoms with Gasteiger partial charge in [0.1, 0.15) is 0 Å². The Labute approximate surface area is 191 Å². The number of nitrogens with zero attached hydrogens (tertiary/aromatic N) is 1. The highest BCUT2D eigenvalue weighted by molar-refractivity contribution is 6.01. The number of aromatic nitrogens is 1. The van der Waals surface area contributed by atoms with Crippen LogP contribution in [-0.4, -0.2) is 16.2 Å². The maximum Gasteiger partial charge on any atom is 0.416 e. The van der Waals surface area contributed by atoms with Crippen LogP contribution in [0.4, 0.5) is 36.8 Å². The molecule has 0 unspecified atom stereocenters. The van der Waals surface area contributed by atoms with E-state index in [-0.39, 0.29) is 6.07 Å². The second-order valence-electron chi connectivity index (χ2n) is 8.89. The molecule has 1 N–H and O–H groups in total. The van der Waals surface area contributed by atoms with Crippen LogP contribution in [0.2, 0.25) is 0 Å². The number of carbonyl (C=O) groups excluding carboxylic acids is 1. The highest BCUT2D eigenvalue weighted by Gasteiger charge is 2.39. The van der Waals surface area contributed by atoms with E-state index < -0.39 is 46.9 Å². The fraction of sp³-hybridized carbons (Fsp3) is 0.375. The molecule has 1 aliphatic rings. The van der Waals surface area contributed by atoms with E-state index in [9.17, 15) is 31.1 Å². The van der Waals surface area contributed by atoms with Crippen molar-refractivity contribution in [2.75, 3.05) is 5.32 Å². The smallest absolute Gasteiger partial charge is 0.366 e. The summed E-state index contributed by atoms with van der Waals surface area (Å²) in [6.07, 6.45) is -9.52. The molecular weight excluding hydrogens is 462 g/mol. The van der Waals surface area contributed by atoms with E-state index >= 15 is 0 Å². The van der Waals surface area contributed by atoms with Gasteiger partial charge in [0.15, 0.2) is 0 Å². The third kappa shape index (κ3) is 4.38. The van der Waals surface area contributed by atoms with Crippen LogP contribution in [0.3, 0.4) is 0 Å². The van der Waals surface area contributed by atoms with Crippen LogP contribution in [0, 0.1) is 0 Å². The van der Waals surface area contributed by atoms with E-state index in [1.807, 2.05) is 26.8 Å². The molecule has 0 saturated carbocycles. The molecule has 1 aromatic heterocycles. The Morgan fingerprint density at radius 1 is 1.06 bits per heavy atom. The van der Waals surface area contributed by atoms with Gasteiger partial charge in [-0.2, -0.15) is 26.3 Å². The molecule has 0 aliphatic carbocycles. The fourth-order valence-corrected chi connectivity index (χ4v) is 4.46. The summed E-state index contributed by atoms with van der Waals surface area (Å²) in [7, 11) is 0. The van der Waals surface area contributed by atoms with Gasteiger partial charge < -0.3 is 10.1 Å². The molecule has 0 fully saturated rings. The standard InChI is InChI=1S/C24H22F6N2O2/c1-4-19-20-17(12-22(2,3)34-19)16-7-5-6-8-18(16)32(20)21(33)31-15-10-13(23(25,26)27)9-14(11-15)24(28,29)30/h5-11,19H,4,12H2,1-3H3,(H,31,33)/t19-/m0/s1. The number of ether oxygens (including phenoxy) is 1. The zero-order chi connectivity index (χ0) is 25.1. The number of hydrogen-bond donors (Lipinski definition) is 1. The summed E-state index contributed by atoms with van der Waals surface area (Å²) >= 11 is 0. The molecule has 2 heterocycles. The number of fused-ring (bicyclic) bond motifs is 3. The van der Waals surface area contributed by atoms with E-state index in [1.165, 1.54) is 4.57 Å². The van der Waals surface area contributed by atoms with E-state index in [1.54, 1.807) is 18.2 Å². The van der Waals surface area contributed by atoms with Crippen molar-refractivity contribution >= 4 is 22.6 Å². The zero-order valence-electron chi connectivity index (χ0n) is 18.6. The van der Waals surface area contributed by atoms with Gasteiger partial charge in [-0.1, -0.05) is 25.1 Å². The van der Waals surface area contributed by atoms with E-state index in [4.69, 9.17) is 4.74 Å². The van der Waals surface area contributed by atoms with Crippen molar-refractivity contribution in [1.29, 1.82) is 0 Å². The maximum absolute atomic E-state index is 13.3. The molecular formula is C24H22F6N2O2. The second kappa shape index (κ2) is 8.04. The predicted octanol–water partition coefficient (Wildman–Crippen LogP) is 7.56. The van der Waals surface area contributed by atoms with Crippen LogP contribution in [0.1, 0.15) is 55.7 Å². The zero-order valence-corrected chi connectivity index (χ0v) is 18.6. The van der Waals surface area contributed by atoms with Crippen molar-refractivity contribution in [3.8, 4) is 0 Å². The minimum atomic E-state index is -5.02. The summed E-state index contributed by atoms with van der Waals surface area (Å²) < 4.78 is 86.9. The second-order valence-corrected chi connectivity index (χ2v) is 8.89. The third-order valence-corrected chi connectivity index (χ3v) is 5.80. The SMILES string of the molecule is CC[C@@H]1OC(C)(C)Cc2c1n(C(=O)Nc1cc(C(F)(F)F)cc(C(F)(F)F)c1)c1ccccc21. The lowest BCUT2D eigenvalue weighted by Gasteiger charge is -2.36. The molecule has 4 rings (SSSR count). The van der Waals surface area contributed by atoms with Crippen molar-refractivity contribution in [1.82, 2.24) is 4.57 Å². The Bertz CT molecular complexity index is 1220. The fourth-order valence-electron chi connectivity index (χ4n) is 4.46. The Morgan fingerprint density at radius 2 is 1.65 bits per heavy atom. The molecule has 0 radical (unpaired) electrons. The van der Waals surface area contributed by atoms with Gasteiger partial charge in [0.05, 0.1) is 34.0 Å². The maximum atomic E-state index is 13.3. The Morgan fingerprint density at radius 3 is 2.21 bits per heavy atom. The molecule has 182 valence electrons. The molecule has 10 heteroatoms. The summed E-state index contributed by atoms with van der Waals surface area (Å²) in [4.78, 5) is 13.3. The number of benzene rings is 2. The summed E-state index contributed by atoms with van der Waals surface area (Å²) in [6.45, 7) is 5.72. The van der Waals surface area contributed by atoms with E-state index in [0.29, 0.717) is 36.2 Å². The molecule has 1 amide bonds. The minimum absolute atomic E-state index is 0.0195. The Kier molecular flexibility index (Phi) is 5.70. The first-order valence-corrected chi connectivity index (χ1v) is 10.6. The monoisotopic (exact) mass is 484 g/mol. The third-order valence-electron chi connectivity index (χ3n) is 5.80. The number of para-hydroxylation sites is 1. The number of rotatable bonds is 2. The molecule has 0 saturated heterocycles. The van der Waals surface area contributed by atoms with Crippen LogP contribution >= 0.6 is 0 Å². The van der Waals surface area contributed by atoms with Gasteiger partial charge in [-0.25, -0.2) is 4.79 Å². The van der Waals surface area contributed by atoms with Gasteiger partial charge in [0.2, 0.25) is 0 Å². The first kappa shape index (κ1) is 24.1. The molecule has 3 aromatic rings. The van der Waals surface area contributed by atoms with Crippen LogP contribution in [0.25, 0.3) is 10.9 Å². The number of hydrogen-bond acceptors (Lipinski definition) is 2. The molecule has 1 atom stereocenters. The minimum Gasteiger partial charge on any atom is -0.366 e. The lowest BCUT2D eigenvalue weighted by atomic mass is 9.90. The lowest BCUT2D eigenvalue weighted by Crippen LogP contribution is -2.36. The van der Waals surface area contributed by atoms with Crippen molar-refractivity contribution in [2.45, 2.75) is 57.7 Å². The average Bonchev–Trinajstić information content (AvgIpc) is 3.05. The van der Waals surface area contributed by atoms with Gasteiger partial charge >= 0.3 is 18.4 Å². The summed E-state index contributed by atoms with van der Waals surface area (Å²) in [5.74, 6) is 0. The lowest BCUT2D eigenvalue weighted by molar-refractivity contribution is -0.143. The molecule has 0 spiro atoms. The number of anilines is 1. The van der Waals surface area contributed by atoms with Crippen LogP contribution in [0.15, 0.2) is 42.5 Å². The highest BCUT2D eigenvalue weighted by Crippen LogP contribution is 2.43. The van der Waals surface area contributed by atoms with Crippen LogP contribution in [0.5, 0.6) is 0 Å². The predicted molar refractivity (Wildman–Crippen MR) is 115 cm³/mol. The number of halogens is 6. The van der Waals surface area contributed by atoms with Gasteiger partial charge in [-0.3, -0.25) is 4.57 Å². The largest absolute Gasteiger partial charge is 0.416 e. The molecule has 2 aromatic carbocycles. The Hall–Kier alpha value is -3.01. The normalized spacial score (nSPS) is 18.1. The summed E-state index contributed by atoms with van der Waals surface area (Å²) in [6, 6.07) is 7.15. The quantitative estimate of drug-likeness (QED) is 0.382. The first-order valence-electron chi connectivity index (χ1n) is 10.6. The summed E-state index contributed by atoms with van der Waals surface area (Å²) in [5.41, 5.74) is -2.22. The molecule has 0 bridgehead atoms. The van der Waals surface area contributed by atoms with Crippen molar-refractivity contribution < 1.29 is 35.9 Å². The van der Waals surface area contributed by atoms with Gasteiger partial charge in [-0.05, 0) is 50.1 Å². The van der Waals surface area contributed by atoms with Crippen molar-refractivity contribution in [2.24, 2.45) is 0 Å². The summed E-state index contributed by atoms with van der Waals surface area (Å²) in [5, 5.41) is 3.03. The highest BCUT2D eigenvalue weighted by atomic mass is 19.4. The average molecular weight is 484 g/mol. The van der Waals surface area contributed by atoms with Crippen molar-refractivity contribution in [3.05, 3.63) is 64.8 Å². The van der Waals surface area contributed by atoms with E-state index in [2.05, 4.69) is 5.32 Å². The molecule has 4 nitrogen and oxygen atoms in total. The Balaban J connectivity index is 1.85. The van der Waals surface area contributed by atoms with Gasteiger partial charge in [0.25, 0.3) is 0 Å². The van der Waals surface area contributed by atoms with E-state index in [0.717, 1.165) is 10.9 Å². The number of amides is 1. The number of carbonyl (C=O) groups is 1. The molecule has 34 heavy (non-hydrogen) atoms. The topological polar surface area (TPSA) is 43.3 Å². The number of nitrogens with one attached hydrogen (secondary N) is 1. The van der Waals surface area contributed by atoms with Gasteiger partial charge in [-0.15, -0.1) is 0 Å². The molecule has 1 aliphatic heterocycles. The van der Waals surface area contributed by atoms with Crippen LogP contribution in [-0.2, 0) is 23.5 Å².